The fourth-order valence-electron chi connectivity index (χ4n) is 1.70. The van der Waals surface area contributed by atoms with Crippen molar-refractivity contribution in [2.24, 2.45) is 0 Å². The Balaban J connectivity index is 1.88. The summed E-state index contributed by atoms with van der Waals surface area (Å²) in [5.74, 6) is 1.59. The molecule has 0 N–H and O–H groups in total. The molecular weight excluding hydrogens is 226 g/mol. The van der Waals surface area contributed by atoms with Gasteiger partial charge in [0.15, 0.2) is 0 Å². The molecule has 0 aliphatic heterocycles. The van der Waals surface area contributed by atoms with Crippen molar-refractivity contribution >= 4 is 0 Å². The lowest BCUT2D eigenvalue weighted by molar-refractivity contribution is 0.422. The van der Waals surface area contributed by atoms with Crippen LogP contribution in [0.25, 0.3) is 11.3 Å². The Morgan fingerprint density at radius 2 is 1.67 bits per heavy atom. The van der Waals surface area contributed by atoms with Gasteiger partial charge in [-0.3, -0.25) is 0 Å². The molecule has 0 unspecified atom stereocenters. The Labute approximate surface area is 105 Å². The number of hydrogen-bond acceptors (Lipinski definition) is 3. The average molecular weight is 237 g/mol. The summed E-state index contributed by atoms with van der Waals surface area (Å²) in [6.07, 6.45) is 1.56. The molecule has 3 rings (SSSR count). The van der Waals surface area contributed by atoms with Gasteiger partial charge in [-0.25, -0.2) is 0 Å². The minimum Gasteiger partial charge on any atom is -0.457 e. The molecule has 88 valence electrons. The van der Waals surface area contributed by atoms with Crippen LogP contribution in [-0.4, -0.2) is 5.16 Å². The van der Waals surface area contributed by atoms with E-state index >= 15 is 0 Å². The number of ether oxygens (including phenoxy) is 1. The second-order valence-electron chi connectivity index (χ2n) is 3.83. The van der Waals surface area contributed by atoms with Crippen LogP contribution in [0.3, 0.4) is 0 Å². The van der Waals surface area contributed by atoms with Gasteiger partial charge in [-0.2, -0.15) is 0 Å². The number of hydrogen-bond donors (Lipinski definition) is 0. The van der Waals surface area contributed by atoms with Crippen molar-refractivity contribution in [3.05, 3.63) is 66.9 Å². The largest absolute Gasteiger partial charge is 0.457 e. The molecule has 3 heteroatoms. The second kappa shape index (κ2) is 4.75. The Hall–Kier alpha value is -2.55. The summed E-state index contributed by atoms with van der Waals surface area (Å²) in [6.45, 7) is 0. The minimum absolute atomic E-state index is 0.779. The highest BCUT2D eigenvalue weighted by Gasteiger charge is 2.03. The Kier molecular flexibility index (Phi) is 2.80. The fraction of sp³-hybridized carbons (Fsp3) is 0. The summed E-state index contributed by atoms with van der Waals surface area (Å²) in [6, 6.07) is 19.2. The summed E-state index contributed by atoms with van der Waals surface area (Å²) in [5.41, 5.74) is 1.77. The van der Waals surface area contributed by atoms with Gasteiger partial charge in [-0.1, -0.05) is 35.5 Å². The molecule has 0 amide bonds. The van der Waals surface area contributed by atoms with Crippen LogP contribution >= 0.6 is 0 Å². The normalized spacial score (nSPS) is 10.2. The molecule has 3 aromatic rings. The molecule has 0 bridgehead atoms. The molecule has 1 aromatic heterocycles. The van der Waals surface area contributed by atoms with Gasteiger partial charge in [0.25, 0.3) is 0 Å². The first-order valence-electron chi connectivity index (χ1n) is 5.65. The lowest BCUT2D eigenvalue weighted by Crippen LogP contribution is -1.84. The summed E-state index contributed by atoms with van der Waals surface area (Å²) in [5, 5.41) is 3.90. The smallest absolute Gasteiger partial charge is 0.128 e. The predicted molar refractivity (Wildman–Crippen MR) is 68.5 cm³/mol. The molecule has 0 radical (unpaired) electrons. The molecular formula is C15H11NO2. The summed E-state index contributed by atoms with van der Waals surface area (Å²) in [7, 11) is 0. The lowest BCUT2D eigenvalue weighted by Gasteiger charge is -2.06. The molecule has 0 atom stereocenters. The number of aromatic nitrogens is 1. The highest BCUT2D eigenvalue weighted by molar-refractivity contribution is 5.60. The van der Waals surface area contributed by atoms with Gasteiger partial charge in [-0.05, 0) is 24.3 Å². The van der Waals surface area contributed by atoms with Crippen molar-refractivity contribution in [2.75, 3.05) is 0 Å². The third-order valence-corrected chi connectivity index (χ3v) is 2.55. The Bertz CT molecular complexity index is 618. The van der Waals surface area contributed by atoms with Crippen molar-refractivity contribution in [2.45, 2.75) is 0 Å². The van der Waals surface area contributed by atoms with Gasteiger partial charge in [0.2, 0.25) is 0 Å². The molecule has 0 aliphatic rings. The fourth-order valence-corrected chi connectivity index (χ4v) is 1.70. The van der Waals surface area contributed by atoms with E-state index < -0.39 is 0 Å². The van der Waals surface area contributed by atoms with Crippen LogP contribution in [-0.2, 0) is 0 Å². The highest BCUT2D eigenvalue weighted by atomic mass is 16.5. The highest BCUT2D eigenvalue weighted by Crippen LogP contribution is 2.26. The van der Waals surface area contributed by atoms with Crippen molar-refractivity contribution in [1.82, 2.24) is 5.16 Å². The van der Waals surface area contributed by atoms with E-state index in [4.69, 9.17) is 9.26 Å². The molecule has 1 heterocycles. The number of rotatable bonds is 3. The summed E-state index contributed by atoms with van der Waals surface area (Å²) in [4.78, 5) is 0. The molecule has 0 saturated heterocycles. The van der Waals surface area contributed by atoms with Gasteiger partial charge in [0.05, 0.1) is 0 Å². The maximum absolute atomic E-state index is 5.76. The SMILES string of the molecule is c1ccc(Oc2cccc(-c3ccon3)c2)cc1. The molecule has 0 spiro atoms. The van der Waals surface area contributed by atoms with E-state index in [1.807, 2.05) is 60.7 Å². The Morgan fingerprint density at radius 3 is 2.44 bits per heavy atom. The molecule has 18 heavy (non-hydrogen) atoms. The van der Waals surface area contributed by atoms with Gasteiger partial charge in [0, 0.05) is 11.6 Å². The van der Waals surface area contributed by atoms with Crippen molar-refractivity contribution in [3.63, 3.8) is 0 Å². The monoisotopic (exact) mass is 237 g/mol. The maximum Gasteiger partial charge on any atom is 0.128 e. The Morgan fingerprint density at radius 1 is 0.833 bits per heavy atom. The van der Waals surface area contributed by atoms with Crippen LogP contribution in [0.4, 0.5) is 0 Å². The van der Waals surface area contributed by atoms with Crippen molar-refractivity contribution < 1.29 is 9.26 Å². The molecule has 2 aromatic carbocycles. The molecule has 0 fully saturated rings. The summed E-state index contributed by atoms with van der Waals surface area (Å²) >= 11 is 0. The van der Waals surface area contributed by atoms with Crippen molar-refractivity contribution in [1.29, 1.82) is 0 Å². The van der Waals surface area contributed by atoms with E-state index in [0.717, 1.165) is 22.8 Å². The van der Waals surface area contributed by atoms with Crippen LogP contribution in [0.1, 0.15) is 0 Å². The number of benzene rings is 2. The van der Waals surface area contributed by atoms with Crippen LogP contribution in [0, 0.1) is 0 Å². The van der Waals surface area contributed by atoms with Gasteiger partial charge >= 0.3 is 0 Å². The number of nitrogens with zero attached hydrogens (tertiary/aromatic N) is 1. The van der Waals surface area contributed by atoms with Gasteiger partial charge in [0.1, 0.15) is 23.5 Å². The van der Waals surface area contributed by atoms with Crippen molar-refractivity contribution in [3.8, 4) is 22.8 Å². The average Bonchev–Trinajstić information content (AvgIpc) is 2.94. The van der Waals surface area contributed by atoms with E-state index in [1.54, 1.807) is 6.26 Å². The molecule has 0 saturated carbocycles. The van der Waals surface area contributed by atoms with Gasteiger partial charge in [-0.15, -0.1) is 0 Å². The van der Waals surface area contributed by atoms with E-state index in [1.165, 1.54) is 0 Å². The molecule has 3 nitrogen and oxygen atoms in total. The maximum atomic E-state index is 5.76. The van der Waals surface area contributed by atoms with Crippen LogP contribution in [0.2, 0.25) is 0 Å². The van der Waals surface area contributed by atoms with Crippen LogP contribution in [0.15, 0.2) is 71.4 Å². The third kappa shape index (κ3) is 2.25. The van der Waals surface area contributed by atoms with E-state index in [-0.39, 0.29) is 0 Å². The van der Waals surface area contributed by atoms with Gasteiger partial charge < -0.3 is 9.26 Å². The summed E-state index contributed by atoms with van der Waals surface area (Å²) < 4.78 is 10.6. The first-order valence-corrected chi connectivity index (χ1v) is 5.65. The number of para-hydroxylation sites is 1. The third-order valence-electron chi connectivity index (χ3n) is 2.55. The second-order valence-corrected chi connectivity index (χ2v) is 3.83. The zero-order valence-corrected chi connectivity index (χ0v) is 9.61. The minimum atomic E-state index is 0.779. The standard InChI is InChI=1S/C15H11NO2/c1-2-6-13(7-3-1)18-14-8-4-5-12(11-14)15-9-10-17-16-15/h1-11H. The zero-order chi connectivity index (χ0) is 12.2. The topological polar surface area (TPSA) is 35.3 Å². The zero-order valence-electron chi connectivity index (χ0n) is 9.61. The molecule has 0 aliphatic carbocycles. The van der Waals surface area contributed by atoms with E-state index in [2.05, 4.69) is 5.16 Å². The first kappa shape index (κ1) is 10.6. The van der Waals surface area contributed by atoms with Crippen LogP contribution in [0.5, 0.6) is 11.5 Å². The quantitative estimate of drug-likeness (QED) is 0.686. The lowest BCUT2D eigenvalue weighted by atomic mass is 10.1. The predicted octanol–water partition coefficient (Wildman–Crippen LogP) is 4.13. The van der Waals surface area contributed by atoms with E-state index in [9.17, 15) is 0 Å². The van der Waals surface area contributed by atoms with Crippen LogP contribution < -0.4 is 4.74 Å². The first-order chi connectivity index (χ1) is 8.92. The van der Waals surface area contributed by atoms with E-state index in [0.29, 0.717) is 0 Å².